The van der Waals surface area contributed by atoms with E-state index in [2.05, 4.69) is 18.2 Å². The number of aliphatic hydroxyl groups is 2. The number of hydrogen-bond donors (Lipinski definition) is 2. The molecule has 4 rings (SSSR count). The standard InChI is InChI=1S/C18H15NO2/c1-10-12-7-6-11-4-2-3-5-13(11)17(12)19-14-8-9-15(20)18(21)16(10)14/h2-9,15,18,20-21H,1H3/t15-,18+/m1/s1. The number of aromatic nitrogens is 1. The topological polar surface area (TPSA) is 53.4 Å². The molecule has 1 aliphatic rings. The van der Waals surface area contributed by atoms with Crippen LogP contribution in [0.3, 0.4) is 0 Å². The molecular formula is C18H15NO2. The Morgan fingerprint density at radius 1 is 1.00 bits per heavy atom. The molecule has 0 aliphatic heterocycles. The second kappa shape index (κ2) is 4.38. The molecule has 0 unspecified atom stereocenters. The molecule has 21 heavy (non-hydrogen) atoms. The summed E-state index contributed by atoms with van der Waals surface area (Å²) in [6.07, 6.45) is 1.61. The monoisotopic (exact) mass is 277 g/mol. The summed E-state index contributed by atoms with van der Waals surface area (Å²) in [5, 5.41) is 23.3. The highest BCUT2D eigenvalue weighted by atomic mass is 16.3. The van der Waals surface area contributed by atoms with Gasteiger partial charge in [-0.15, -0.1) is 0 Å². The number of aryl methyl sites for hydroxylation is 1. The molecule has 3 nitrogen and oxygen atoms in total. The molecule has 0 bridgehead atoms. The quantitative estimate of drug-likeness (QED) is 0.621. The lowest BCUT2D eigenvalue weighted by molar-refractivity contribution is 0.0464. The largest absolute Gasteiger partial charge is 0.386 e. The van der Waals surface area contributed by atoms with Gasteiger partial charge in [0, 0.05) is 16.3 Å². The molecule has 104 valence electrons. The van der Waals surface area contributed by atoms with Crippen molar-refractivity contribution in [2.75, 3.05) is 0 Å². The van der Waals surface area contributed by atoms with Crippen LogP contribution >= 0.6 is 0 Å². The van der Waals surface area contributed by atoms with Gasteiger partial charge in [0.2, 0.25) is 0 Å². The molecule has 0 fully saturated rings. The summed E-state index contributed by atoms with van der Waals surface area (Å²) < 4.78 is 0. The van der Waals surface area contributed by atoms with Crippen molar-refractivity contribution in [3.05, 3.63) is 59.3 Å². The van der Waals surface area contributed by atoms with Crippen LogP contribution in [0.5, 0.6) is 0 Å². The van der Waals surface area contributed by atoms with E-state index in [1.54, 1.807) is 12.2 Å². The maximum Gasteiger partial charge on any atom is 0.111 e. The molecule has 0 spiro atoms. The summed E-state index contributed by atoms with van der Waals surface area (Å²) in [6, 6.07) is 12.3. The SMILES string of the molecule is Cc1c2c(nc3c1ccc1ccccc13)C=C[C@@H](O)[C@@H]2O. The maximum absolute atomic E-state index is 10.2. The summed E-state index contributed by atoms with van der Waals surface area (Å²) in [5.74, 6) is 0. The summed E-state index contributed by atoms with van der Waals surface area (Å²) in [6.45, 7) is 1.98. The van der Waals surface area contributed by atoms with Crippen molar-refractivity contribution in [2.45, 2.75) is 19.1 Å². The predicted molar refractivity (Wildman–Crippen MR) is 84.0 cm³/mol. The molecule has 0 radical (unpaired) electrons. The minimum absolute atomic E-state index is 0.729. The average Bonchev–Trinajstić information content (AvgIpc) is 2.51. The van der Waals surface area contributed by atoms with Gasteiger partial charge in [0.15, 0.2) is 0 Å². The van der Waals surface area contributed by atoms with Gasteiger partial charge in [-0.1, -0.05) is 42.5 Å². The van der Waals surface area contributed by atoms with Gasteiger partial charge in [-0.25, -0.2) is 4.98 Å². The van der Waals surface area contributed by atoms with Gasteiger partial charge < -0.3 is 10.2 Å². The number of benzene rings is 2. The summed E-state index contributed by atoms with van der Waals surface area (Å²) in [7, 11) is 0. The molecule has 0 saturated carbocycles. The van der Waals surface area contributed by atoms with Crippen LogP contribution in [0.2, 0.25) is 0 Å². The minimum Gasteiger partial charge on any atom is -0.386 e. The second-order valence-corrected chi connectivity index (χ2v) is 5.51. The zero-order chi connectivity index (χ0) is 14.6. The van der Waals surface area contributed by atoms with Gasteiger partial charge in [0.25, 0.3) is 0 Å². The summed E-state index contributed by atoms with van der Waals surface area (Å²) in [4.78, 5) is 4.73. The number of rotatable bonds is 0. The number of hydrogen-bond acceptors (Lipinski definition) is 3. The van der Waals surface area contributed by atoms with Crippen molar-refractivity contribution in [3.63, 3.8) is 0 Å². The van der Waals surface area contributed by atoms with E-state index in [4.69, 9.17) is 4.98 Å². The Hall–Kier alpha value is -2.23. The van der Waals surface area contributed by atoms with Gasteiger partial charge in [-0.2, -0.15) is 0 Å². The molecule has 2 aromatic carbocycles. The second-order valence-electron chi connectivity index (χ2n) is 5.51. The van der Waals surface area contributed by atoms with E-state index >= 15 is 0 Å². The van der Waals surface area contributed by atoms with Gasteiger partial charge in [-0.3, -0.25) is 0 Å². The van der Waals surface area contributed by atoms with Crippen LogP contribution in [0.1, 0.15) is 22.9 Å². The van der Waals surface area contributed by atoms with Gasteiger partial charge >= 0.3 is 0 Å². The van der Waals surface area contributed by atoms with E-state index in [0.29, 0.717) is 0 Å². The van der Waals surface area contributed by atoms with Crippen LogP contribution in [0.25, 0.3) is 27.8 Å². The molecule has 1 aliphatic carbocycles. The lowest BCUT2D eigenvalue weighted by Crippen LogP contribution is -2.21. The highest BCUT2D eigenvalue weighted by Gasteiger charge is 2.26. The molecule has 1 heterocycles. The van der Waals surface area contributed by atoms with Crippen LogP contribution in [0.4, 0.5) is 0 Å². The first-order valence-corrected chi connectivity index (χ1v) is 7.03. The number of aliphatic hydroxyl groups excluding tert-OH is 2. The Labute approximate surface area is 122 Å². The zero-order valence-corrected chi connectivity index (χ0v) is 11.6. The number of fused-ring (bicyclic) bond motifs is 4. The van der Waals surface area contributed by atoms with Crippen molar-refractivity contribution in [2.24, 2.45) is 0 Å². The fourth-order valence-corrected chi connectivity index (χ4v) is 3.16. The lowest BCUT2D eigenvalue weighted by atomic mass is 9.90. The summed E-state index contributed by atoms with van der Waals surface area (Å²) in [5.41, 5.74) is 3.40. The fourth-order valence-electron chi connectivity index (χ4n) is 3.16. The van der Waals surface area contributed by atoms with Crippen LogP contribution < -0.4 is 0 Å². The molecule has 0 amide bonds. The zero-order valence-electron chi connectivity index (χ0n) is 11.6. The molecule has 2 atom stereocenters. The fraction of sp³-hybridized carbons (Fsp3) is 0.167. The smallest absolute Gasteiger partial charge is 0.111 e. The molecule has 0 saturated heterocycles. The van der Waals surface area contributed by atoms with Crippen LogP contribution in [-0.4, -0.2) is 21.3 Å². The Morgan fingerprint density at radius 2 is 1.81 bits per heavy atom. The van der Waals surface area contributed by atoms with E-state index in [1.165, 1.54) is 0 Å². The number of nitrogens with zero attached hydrogens (tertiary/aromatic N) is 1. The maximum atomic E-state index is 10.2. The van der Waals surface area contributed by atoms with Crippen LogP contribution in [0, 0.1) is 6.92 Å². The van der Waals surface area contributed by atoms with E-state index in [1.807, 2.05) is 25.1 Å². The summed E-state index contributed by atoms with van der Waals surface area (Å²) >= 11 is 0. The first-order valence-electron chi connectivity index (χ1n) is 7.03. The van der Waals surface area contributed by atoms with Gasteiger partial charge in [0.1, 0.15) is 12.2 Å². The molecule has 1 aromatic heterocycles. The highest BCUT2D eigenvalue weighted by Crippen LogP contribution is 2.35. The van der Waals surface area contributed by atoms with E-state index in [-0.39, 0.29) is 0 Å². The van der Waals surface area contributed by atoms with Crippen LogP contribution in [0.15, 0.2) is 42.5 Å². The van der Waals surface area contributed by atoms with Crippen molar-refractivity contribution >= 4 is 27.8 Å². The third-order valence-electron chi connectivity index (χ3n) is 4.29. The molecule has 3 aromatic rings. The molecule has 2 N–H and O–H groups in total. The Morgan fingerprint density at radius 3 is 2.67 bits per heavy atom. The van der Waals surface area contributed by atoms with Gasteiger partial charge in [0.05, 0.1) is 11.2 Å². The Kier molecular flexibility index (Phi) is 2.61. The minimum atomic E-state index is -0.909. The first-order chi connectivity index (χ1) is 10.2. The van der Waals surface area contributed by atoms with E-state index < -0.39 is 12.2 Å². The Balaban J connectivity index is 2.16. The lowest BCUT2D eigenvalue weighted by Gasteiger charge is -2.24. The van der Waals surface area contributed by atoms with Crippen molar-refractivity contribution < 1.29 is 10.2 Å². The number of pyridine rings is 1. The average molecular weight is 277 g/mol. The van der Waals surface area contributed by atoms with Crippen molar-refractivity contribution in [1.82, 2.24) is 4.98 Å². The molecular weight excluding hydrogens is 262 g/mol. The third kappa shape index (κ3) is 1.71. The third-order valence-corrected chi connectivity index (χ3v) is 4.29. The van der Waals surface area contributed by atoms with E-state index in [0.717, 1.165) is 38.5 Å². The highest BCUT2D eigenvalue weighted by molar-refractivity contribution is 6.06. The normalized spacial score (nSPS) is 20.9. The van der Waals surface area contributed by atoms with Crippen molar-refractivity contribution in [3.8, 4) is 0 Å². The van der Waals surface area contributed by atoms with Crippen LogP contribution in [-0.2, 0) is 0 Å². The van der Waals surface area contributed by atoms with E-state index in [9.17, 15) is 10.2 Å². The van der Waals surface area contributed by atoms with Gasteiger partial charge in [-0.05, 0) is 23.9 Å². The predicted octanol–water partition coefficient (Wildman–Crippen LogP) is 3.12. The molecule has 3 heteroatoms. The van der Waals surface area contributed by atoms with Crippen molar-refractivity contribution in [1.29, 1.82) is 0 Å². The Bertz CT molecular complexity index is 898. The first kappa shape index (κ1) is 12.5.